The van der Waals surface area contributed by atoms with Crippen LogP contribution in [-0.4, -0.2) is 136 Å². The lowest BCUT2D eigenvalue weighted by molar-refractivity contribution is -0.115. The van der Waals surface area contributed by atoms with Gasteiger partial charge < -0.3 is 23.6 Å². The summed E-state index contributed by atoms with van der Waals surface area (Å²) in [6.07, 6.45) is 0.595. The van der Waals surface area contributed by atoms with Gasteiger partial charge in [0.1, 0.15) is 29.1 Å². The van der Waals surface area contributed by atoms with Gasteiger partial charge in [0.05, 0.1) is 37.1 Å². The summed E-state index contributed by atoms with van der Waals surface area (Å²) < 4.78 is 61.0. The maximum Gasteiger partial charge on any atom is 0.280 e. The van der Waals surface area contributed by atoms with Gasteiger partial charge in [-0.3, -0.25) is 58.3 Å². The van der Waals surface area contributed by atoms with Crippen molar-refractivity contribution in [1.82, 2.24) is 48.4 Å². The van der Waals surface area contributed by atoms with Gasteiger partial charge in [-0.05, 0) is 82.5 Å². The number of fused-ring (bicyclic) bond motifs is 2. The van der Waals surface area contributed by atoms with E-state index in [0.717, 1.165) is 0 Å². The van der Waals surface area contributed by atoms with Crippen molar-refractivity contribution < 1.29 is 37.3 Å². The molecule has 21 nitrogen and oxygen atoms in total. The summed E-state index contributed by atoms with van der Waals surface area (Å²) in [6.45, 7) is 28.2. The fourth-order valence-electron chi connectivity index (χ4n) is 8.36. The number of imidazole rings is 2. The van der Waals surface area contributed by atoms with Crippen molar-refractivity contribution in [2.24, 2.45) is 11.8 Å². The molecule has 4 aromatic rings. The van der Waals surface area contributed by atoms with E-state index in [0.29, 0.717) is 35.5 Å². The number of ether oxygens (including phenoxy) is 2. The van der Waals surface area contributed by atoms with Crippen molar-refractivity contribution in [3.8, 4) is 0 Å². The van der Waals surface area contributed by atoms with Crippen LogP contribution >= 0.6 is 16.6 Å². The normalized spacial score (nSPS) is 24.8. The molecule has 6 rings (SSSR count). The van der Waals surface area contributed by atoms with E-state index in [4.69, 9.17) is 24.1 Å². The van der Waals surface area contributed by atoms with E-state index in [2.05, 4.69) is 124 Å². The third-order valence-electron chi connectivity index (χ3n) is 10.6. The third kappa shape index (κ3) is 12.8. The molecule has 0 radical (unpaired) electrons. The summed E-state index contributed by atoms with van der Waals surface area (Å²) in [4.78, 5) is 69.8. The number of hydrogen-bond acceptors (Lipinski definition) is 15. The molecule has 0 spiro atoms. The average molecular weight is 959 g/mol. The number of aliphatic hydroxyl groups excluding tert-OH is 1. The molecule has 0 saturated carbocycles. The van der Waals surface area contributed by atoms with E-state index in [1.807, 2.05) is 13.8 Å². The molecule has 0 bridgehead atoms. The van der Waals surface area contributed by atoms with Gasteiger partial charge in [0.15, 0.2) is 22.3 Å². The van der Waals surface area contributed by atoms with Crippen LogP contribution in [0.4, 0.5) is 11.9 Å². The first-order valence-electron chi connectivity index (χ1n) is 24.1. The van der Waals surface area contributed by atoms with Gasteiger partial charge >= 0.3 is 0 Å². The Morgan fingerprint density at radius 3 is 1.38 bits per heavy atom. The highest BCUT2D eigenvalue weighted by atomic mass is 31.2. The number of aliphatic hydroxyl groups is 1. The Bertz CT molecular complexity index is 2200. The molecule has 2 aliphatic heterocycles. The van der Waals surface area contributed by atoms with Crippen LogP contribution in [0.1, 0.15) is 121 Å². The maximum atomic E-state index is 12.4. The monoisotopic (exact) mass is 959 g/mol. The lowest BCUT2D eigenvalue weighted by Gasteiger charge is -2.37. The molecule has 2 saturated heterocycles. The molecule has 0 aliphatic carbocycles. The second kappa shape index (κ2) is 23.8. The summed E-state index contributed by atoms with van der Waals surface area (Å²) in [5.41, 5.74) is 0.0339. The Hall–Kier alpha value is -3.78. The van der Waals surface area contributed by atoms with Crippen LogP contribution in [0.25, 0.3) is 22.3 Å². The Balaban J connectivity index is 0.000000334. The number of nitrogens with zero attached hydrogens (tertiary/aromatic N) is 8. The Kier molecular flexibility index (Phi) is 18.0. The van der Waals surface area contributed by atoms with Crippen molar-refractivity contribution in [1.29, 1.82) is 1.43 Å². The van der Waals surface area contributed by atoms with Gasteiger partial charge in [-0.2, -0.15) is 9.97 Å². The Morgan fingerprint density at radius 1 is 0.785 bits per heavy atom. The lowest BCUT2D eigenvalue weighted by Crippen LogP contribution is -2.35. The standard InChI is InChI=1S/2C20H33N6O4P.CH4O.CH4/c2*1-10(2)26(11(3)4)31(8)30-16-12(5)19(29-13(16)6)25-9-21-15-17(25)23-20(22-14(7)27)24-18(15)28;1-2;/h2*9-13,16,19H,1-8H3,(H2,22,23,24,27,28);2H,1H3;1H4/t2*12-,13+,16?,19+,31?;;/m00../s1/i2*6D;2T;1T. The predicted octanol–water partition coefficient (Wildman–Crippen LogP) is 6.40. The maximum absolute atomic E-state index is 12.4. The quantitative estimate of drug-likeness (QED) is 0.0858. The number of amides is 2. The highest BCUT2D eigenvalue weighted by molar-refractivity contribution is 7.49. The summed E-state index contributed by atoms with van der Waals surface area (Å²) in [5, 5.41) is 8.50. The zero-order valence-corrected chi connectivity index (χ0v) is 42.4. The number of aromatic amines is 2. The van der Waals surface area contributed by atoms with Gasteiger partial charge in [0, 0.05) is 61.1 Å². The average Bonchev–Trinajstić information content (AvgIpc) is 4.02. The zero-order chi connectivity index (χ0) is 52.2. The molecule has 4 unspecified atom stereocenters. The van der Waals surface area contributed by atoms with Crippen LogP contribution in [0.5, 0.6) is 0 Å². The first-order chi connectivity index (χ1) is 32.5. The molecule has 366 valence electrons. The van der Waals surface area contributed by atoms with E-state index >= 15 is 0 Å². The topological polar surface area (TPSA) is 249 Å². The number of anilines is 2. The number of H-pyrrole nitrogens is 2. The minimum absolute atomic E-state index is 0.0498. The molecule has 5 N–H and O–H groups in total. The first kappa shape index (κ1) is 49.1. The van der Waals surface area contributed by atoms with Crippen LogP contribution < -0.4 is 21.8 Å². The predicted molar refractivity (Wildman–Crippen MR) is 257 cm³/mol. The van der Waals surface area contributed by atoms with Crippen molar-refractivity contribution in [3.05, 3.63) is 33.4 Å². The molecule has 65 heavy (non-hydrogen) atoms. The molecular weight excluding hydrogens is 878 g/mol. The Labute approximate surface area is 390 Å². The molecule has 6 heterocycles. The molecule has 2 amide bonds. The number of carbonyl (C=O) groups is 2. The molecule has 0 aromatic carbocycles. The third-order valence-corrected chi connectivity index (χ3v) is 14.9. The number of hydrogen-bond donors (Lipinski definition) is 5. The molecule has 23 heteroatoms. The molecule has 2 fully saturated rings. The van der Waals surface area contributed by atoms with E-state index in [1.54, 1.807) is 9.13 Å². The SMILES string of the molecule is [2H]C[C@H]1O[C@@H](n2cnc3c(=O)[nH]c(NC(C)=O)nc32)[C@@H](C)C1OP(C)N(C(C)C)C(C)C.[2H]C[C@H]1O[C@@H](n2cnc3c(=O)[nH]c(NC(C)=O)nc32)[C@@H](C)C1OP(C)N(C(C)C)C(C)C.[3H]C.[3H]OC. The van der Waals surface area contributed by atoms with Crippen LogP contribution in [0, 0.1) is 11.8 Å². The smallest absolute Gasteiger partial charge is 0.280 e. The highest BCUT2D eigenvalue weighted by Crippen LogP contribution is 2.49. The van der Waals surface area contributed by atoms with Gasteiger partial charge in [-0.25, -0.2) is 9.97 Å². The van der Waals surface area contributed by atoms with Crippen molar-refractivity contribution in [2.45, 2.75) is 165 Å². The van der Waals surface area contributed by atoms with Gasteiger partial charge in [0.2, 0.25) is 25.1 Å². The number of nitrogens with one attached hydrogen (secondary N) is 4. The van der Waals surface area contributed by atoms with Crippen LogP contribution in [-0.2, 0) is 28.1 Å². The van der Waals surface area contributed by atoms with E-state index in [9.17, 15) is 19.2 Å². The molecule has 4 aromatic heterocycles. The summed E-state index contributed by atoms with van der Waals surface area (Å²) in [6, 6.07) is 1.31. The minimum Gasteiger partial charge on any atom is -0.400 e. The first-order valence-corrected chi connectivity index (χ1v) is 24.6. The van der Waals surface area contributed by atoms with Gasteiger partial charge in [-0.15, -0.1) is 0 Å². The second-order valence-electron chi connectivity index (χ2n) is 16.9. The fraction of sp³-hybridized carbons (Fsp3) is 0.714. The summed E-state index contributed by atoms with van der Waals surface area (Å²) in [5.74, 6) is -0.813. The largest absolute Gasteiger partial charge is 0.400 e. The van der Waals surface area contributed by atoms with Crippen molar-refractivity contribution in [3.63, 3.8) is 0 Å². The zero-order valence-electron chi connectivity index (χ0n) is 44.6. The minimum atomic E-state index is -0.897. The Morgan fingerprint density at radius 2 is 1.11 bits per heavy atom. The van der Waals surface area contributed by atoms with Crippen molar-refractivity contribution in [2.75, 3.05) is 31.1 Å². The van der Waals surface area contributed by atoms with E-state index in [1.165, 1.54) is 41.0 Å². The van der Waals surface area contributed by atoms with Gasteiger partial charge in [-0.1, -0.05) is 21.3 Å². The van der Waals surface area contributed by atoms with E-state index in [-0.39, 0.29) is 72.6 Å². The second-order valence-corrected chi connectivity index (χ2v) is 20.1. The molecule has 2 aliphatic rings. The lowest BCUT2D eigenvalue weighted by atomic mass is 10.0. The van der Waals surface area contributed by atoms with Crippen molar-refractivity contribution >= 4 is 62.6 Å². The van der Waals surface area contributed by atoms with Gasteiger partial charge in [0.25, 0.3) is 11.1 Å². The summed E-state index contributed by atoms with van der Waals surface area (Å²) >= 11 is 0. The number of carbonyl (C=O) groups excluding carboxylic acids is 2. The highest BCUT2D eigenvalue weighted by Gasteiger charge is 2.45. The molecule has 10 atom stereocenters. The van der Waals surface area contributed by atoms with Crippen LogP contribution in [0.2, 0.25) is 0 Å². The molecular formula is C42H74N12O9P2. The van der Waals surface area contributed by atoms with E-state index < -0.39 is 52.4 Å². The fourth-order valence-corrected chi connectivity index (χ4v) is 12.5. The summed E-state index contributed by atoms with van der Waals surface area (Å²) in [7, 11) is 0.747. The van der Waals surface area contributed by atoms with Crippen LogP contribution in [0.15, 0.2) is 22.2 Å². The number of rotatable bonds is 14. The van der Waals surface area contributed by atoms with Crippen LogP contribution in [0.3, 0.4) is 0 Å². The number of aromatic nitrogens is 8.